The summed E-state index contributed by atoms with van der Waals surface area (Å²) in [4.78, 5) is 25.5. The van der Waals surface area contributed by atoms with E-state index in [0.29, 0.717) is 73.8 Å². The number of aromatic nitrogens is 1. The van der Waals surface area contributed by atoms with Crippen LogP contribution in [-0.4, -0.2) is 77.8 Å². The predicted molar refractivity (Wildman–Crippen MR) is 169 cm³/mol. The van der Waals surface area contributed by atoms with E-state index in [4.69, 9.17) is 28.4 Å². The number of carbonyl (C=O) groups excluding carboxylic acids is 2. The van der Waals surface area contributed by atoms with Gasteiger partial charge in [0.2, 0.25) is 0 Å². The molecule has 0 saturated carbocycles. The molecule has 1 aromatic heterocycles. The third kappa shape index (κ3) is 13.5. The molecule has 0 unspecified atom stereocenters. The summed E-state index contributed by atoms with van der Waals surface area (Å²) in [5.74, 6) is 2.10. The molecule has 0 bridgehead atoms. The molecule has 11 nitrogen and oxygen atoms in total. The van der Waals surface area contributed by atoms with Crippen LogP contribution in [0.3, 0.4) is 0 Å². The van der Waals surface area contributed by atoms with Gasteiger partial charge in [-0.15, -0.1) is 13.2 Å². The van der Waals surface area contributed by atoms with Gasteiger partial charge in [0.05, 0.1) is 39.5 Å². The average Bonchev–Trinajstić information content (AvgIpc) is 3.05. The minimum Gasteiger partial charge on any atom is -0.492 e. The van der Waals surface area contributed by atoms with Gasteiger partial charge in [-0.25, -0.2) is 4.57 Å². The van der Waals surface area contributed by atoms with Gasteiger partial charge in [0, 0.05) is 0 Å². The first-order valence-corrected chi connectivity index (χ1v) is 14.6. The third-order valence-corrected chi connectivity index (χ3v) is 5.95. The Morgan fingerprint density at radius 1 is 0.622 bits per heavy atom. The minimum atomic E-state index is -0.314. The number of ether oxygens (including phenoxy) is 6. The normalized spacial score (nSPS) is 10.4. The van der Waals surface area contributed by atoms with Gasteiger partial charge in [-0.2, -0.15) is 0 Å². The zero-order chi connectivity index (χ0) is 32.1. The van der Waals surface area contributed by atoms with Crippen molar-refractivity contribution >= 4 is 11.8 Å². The molecule has 2 aromatic carbocycles. The van der Waals surface area contributed by atoms with Crippen LogP contribution in [0, 0.1) is 0 Å². The molecule has 0 aliphatic heterocycles. The van der Waals surface area contributed by atoms with Gasteiger partial charge in [-0.05, 0) is 54.6 Å². The van der Waals surface area contributed by atoms with E-state index < -0.39 is 0 Å². The highest BCUT2D eigenvalue weighted by molar-refractivity contribution is 5.98. The molecule has 0 aliphatic carbocycles. The topological polar surface area (TPSA) is 117 Å². The lowest BCUT2D eigenvalue weighted by Gasteiger charge is -2.10. The first-order valence-electron chi connectivity index (χ1n) is 14.6. The quantitative estimate of drug-likeness (QED) is 0.0999. The maximum Gasteiger partial charge on any atom is 0.257 e. The molecule has 1 heterocycles. The fourth-order valence-corrected chi connectivity index (χ4v) is 3.87. The van der Waals surface area contributed by atoms with Crippen molar-refractivity contribution in [3.8, 4) is 23.0 Å². The van der Waals surface area contributed by atoms with E-state index in [0.717, 1.165) is 0 Å². The molecular formula is C34H42N3O8+. The monoisotopic (exact) mass is 620 g/mol. The van der Waals surface area contributed by atoms with Crippen LogP contribution >= 0.6 is 0 Å². The van der Waals surface area contributed by atoms with Crippen LogP contribution in [0.15, 0.2) is 92.3 Å². The van der Waals surface area contributed by atoms with E-state index in [1.165, 1.54) is 0 Å². The van der Waals surface area contributed by atoms with Gasteiger partial charge < -0.3 is 39.1 Å². The number of amides is 2. The highest BCUT2D eigenvalue weighted by atomic mass is 16.5. The van der Waals surface area contributed by atoms with E-state index in [2.05, 4.69) is 23.8 Å². The first-order chi connectivity index (χ1) is 22.0. The molecule has 0 fully saturated rings. The van der Waals surface area contributed by atoms with Crippen LogP contribution in [0.4, 0.5) is 0 Å². The molecule has 0 aliphatic rings. The molecule has 3 aromatic rings. The molecule has 11 heteroatoms. The highest BCUT2D eigenvalue weighted by Gasteiger charge is 2.16. The van der Waals surface area contributed by atoms with Crippen molar-refractivity contribution in [1.82, 2.24) is 10.6 Å². The van der Waals surface area contributed by atoms with Crippen molar-refractivity contribution in [3.05, 3.63) is 103 Å². The summed E-state index contributed by atoms with van der Waals surface area (Å²) in [5.41, 5.74) is 0.712. The fourth-order valence-electron chi connectivity index (χ4n) is 3.87. The summed E-state index contributed by atoms with van der Waals surface area (Å²) in [5, 5.41) is 5.64. The Labute approximate surface area is 264 Å². The van der Waals surface area contributed by atoms with Crippen molar-refractivity contribution < 1.29 is 42.6 Å². The van der Waals surface area contributed by atoms with Crippen LogP contribution < -0.4 is 34.1 Å². The molecule has 45 heavy (non-hydrogen) atoms. The lowest BCUT2D eigenvalue weighted by atomic mass is 10.2. The Morgan fingerprint density at radius 3 is 1.33 bits per heavy atom. The SMILES string of the molecule is C=CCOCCOc1ccc(OCCNC(=O)c2cc(C(=O)NCCOc3ccc(OCCOCC=C)cc3)c[n+](C)c2)cc1. The molecule has 0 spiro atoms. The second kappa shape index (κ2) is 20.2. The van der Waals surface area contributed by atoms with Gasteiger partial charge >= 0.3 is 0 Å². The van der Waals surface area contributed by atoms with Crippen LogP contribution in [0.1, 0.15) is 20.7 Å². The van der Waals surface area contributed by atoms with Crippen molar-refractivity contribution in [2.24, 2.45) is 7.05 Å². The number of aryl methyl sites for hydroxylation is 1. The number of rotatable bonds is 22. The minimum absolute atomic E-state index is 0.272. The summed E-state index contributed by atoms with van der Waals surface area (Å²) in [6, 6.07) is 16.0. The summed E-state index contributed by atoms with van der Waals surface area (Å²) < 4.78 is 34.9. The van der Waals surface area contributed by atoms with Crippen molar-refractivity contribution in [1.29, 1.82) is 0 Å². The van der Waals surface area contributed by atoms with Crippen LogP contribution in [0.25, 0.3) is 0 Å². The van der Waals surface area contributed by atoms with Gasteiger partial charge in [-0.1, -0.05) is 12.2 Å². The zero-order valence-electron chi connectivity index (χ0n) is 25.7. The zero-order valence-corrected chi connectivity index (χ0v) is 25.7. The van der Waals surface area contributed by atoms with Crippen molar-refractivity contribution in [3.63, 3.8) is 0 Å². The summed E-state index contributed by atoms with van der Waals surface area (Å²) in [7, 11) is 1.75. The number of pyridine rings is 1. The fraction of sp³-hybridized carbons (Fsp3) is 0.324. The molecule has 0 radical (unpaired) electrons. The van der Waals surface area contributed by atoms with E-state index in [-0.39, 0.29) is 38.1 Å². The standard InChI is InChI=1S/C34H41N3O8/c1-4-16-40-20-22-44-31-10-6-29(7-11-31)42-18-14-35-33(38)27-24-28(26-37(3)25-27)34(39)36-15-19-43-30-8-12-32(13-9-30)45-23-21-41-17-5-2/h4-13,24-26H,1-2,14-23H2,3H3,(H-,35,36,38,39)/p+1. The molecule has 240 valence electrons. The van der Waals surface area contributed by atoms with E-state index >= 15 is 0 Å². The lowest BCUT2D eigenvalue weighted by Crippen LogP contribution is -2.36. The molecule has 2 amide bonds. The van der Waals surface area contributed by atoms with E-state index in [9.17, 15) is 9.59 Å². The van der Waals surface area contributed by atoms with Gasteiger partial charge in [0.15, 0.2) is 12.4 Å². The molecular weight excluding hydrogens is 578 g/mol. The average molecular weight is 621 g/mol. The number of hydrogen-bond acceptors (Lipinski definition) is 8. The predicted octanol–water partition coefficient (Wildman–Crippen LogP) is 3.29. The van der Waals surface area contributed by atoms with Crippen molar-refractivity contribution in [2.75, 3.05) is 65.9 Å². The third-order valence-electron chi connectivity index (χ3n) is 5.95. The maximum absolute atomic E-state index is 12.8. The molecule has 0 saturated heterocycles. The van der Waals surface area contributed by atoms with Gasteiger partial charge in [0.1, 0.15) is 67.6 Å². The largest absolute Gasteiger partial charge is 0.492 e. The van der Waals surface area contributed by atoms with Gasteiger partial charge in [0.25, 0.3) is 11.8 Å². The number of hydrogen-bond donors (Lipinski definition) is 2. The number of nitrogens with one attached hydrogen (secondary N) is 2. The number of benzene rings is 2. The second-order valence-electron chi connectivity index (χ2n) is 9.55. The summed E-state index contributed by atoms with van der Waals surface area (Å²) >= 11 is 0. The Hall–Kier alpha value is -4.87. The van der Waals surface area contributed by atoms with Crippen LogP contribution in [0.2, 0.25) is 0 Å². The maximum atomic E-state index is 12.8. The smallest absolute Gasteiger partial charge is 0.257 e. The Balaban J connectivity index is 1.34. The lowest BCUT2D eigenvalue weighted by molar-refractivity contribution is -0.671. The Bertz CT molecular complexity index is 1250. The van der Waals surface area contributed by atoms with Crippen molar-refractivity contribution in [2.45, 2.75) is 0 Å². The van der Waals surface area contributed by atoms with E-state index in [1.807, 2.05) is 24.3 Å². The highest BCUT2D eigenvalue weighted by Crippen LogP contribution is 2.18. The molecule has 2 N–H and O–H groups in total. The second-order valence-corrected chi connectivity index (χ2v) is 9.55. The molecule has 0 atom stereocenters. The summed E-state index contributed by atoms with van der Waals surface area (Å²) in [6.45, 7) is 11.1. The van der Waals surface area contributed by atoms with Crippen LogP contribution in [-0.2, 0) is 16.5 Å². The number of nitrogens with zero attached hydrogens (tertiary/aromatic N) is 1. The summed E-state index contributed by atoms with van der Waals surface area (Å²) in [6.07, 6.45) is 6.68. The Kier molecular flexibility index (Phi) is 15.5. The number of carbonyl (C=O) groups is 2. The first kappa shape index (κ1) is 34.6. The van der Waals surface area contributed by atoms with Crippen LogP contribution in [0.5, 0.6) is 23.0 Å². The molecule has 3 rings (SSSR count). The van der Waals surface area contributed by atoms with Gasteiger partial charge in [-0.3, -0.25) is 9.59 Å². The van der Waals surface area contributed by atoms with E-state index in [1.54, 1.807) is 66.5 Å². The Morgan fingerprint density at radius 2 is 0.978 bits per heavy atom.